The van der Waals surface area contributed by atoms with E-state index in [1.807, 2.05) is 6.21 Å². The normalized spacial score (nSPS) is 15.6. The van der Waals surface area contributed by atoms with Gasteiger partial charge in [0.1, 0.15) is 0 Å². The second kappa shape index (κ2) is 9.26. The Morgan fingerprint density at radius 3 is 2.23 bits per heavy atom. The van der Waals surface area contributed by atoms with E-state index in [-0.39, 0.29) is 0 Å². The number of benzene rings is 2. The van der Waals surface area contributed by atoms with Crippen molar-refractivity contribution in [1.29, 1.82) is 0 Å². The first-order valence-corrected chi connectivity index (χ1v) is 13.0. The van der Waals surface area contributed by atoms with Crippen molar-refractivity contribution in [3.8, 4) is 5.69 Å². The van der Waals surface area contributed by atoms with Crippen LogP contribution in [0.5, 0.6) is 0 Å². The van der Waals surface area contributed by atoms with Gasteiger partial charge in [-0.2, -0.15) is 4.31 Å². The molecule has 0 amide bonds. The fourth-order valence-electron chi connectivity index (χ4n) is 4.01. The topological polar surface area (TPSA) is 54.7 Å². The molecular weight excluding hydrogens is 521 g/mol. The maximum atomic E-state index is 12.8. The molecule has 1 fully saturated rings. The van der Waals surface area contributed by atoms with Crippen molar-refractivity contribution in [2.75, 3.05) is 13.1 Å². The van der Waals surface area contributed by atoms with Gasteiger partial charge in [-0.3, -0.25) is 4.99 Å². The average Bonchev–Trinajstić information content (AvgIpc) is 3.07. The molecule has 0 atom stereocenters. The second-order valence-corrected chi connectivity index (χ2v) is 11.0. The van der Waals surface area contributed by atoms with Gasteiger partial charge in [-0.1, -0.05) is 6.42 Å². The Balaban J connectivity index is 1.54. The fourth-order valence-corrected chi connectivity index (χ4v) is 5.89. The number of sulfonamides is 1. The molecule has 1 aliphatic rings. The Labute approximate surface area is 198 Å². The molecule has 31 heavy (non-hydrogen) atoms. The molecule has 7 heteroatoms. The number of nitrogens with zero attached hydrogens (tertiary/aromatic N) is 3. The van der Waals surface area contributed by atoms with Crippen LogP contribution in [-0.2, 0) is 10.0 Å². The standard InChI is InChI=1S/C24H26IN3O2S/c1-18-16-20(19(2)28(18)23-10-6-21(25)7-11-23)17-26-22-8-12-24(13-9-22)31(29,30)27-14-4-3-5-15-27/h6-13,16-17H,3-5,14-15H2,1-2H3. The molecule has 0 radical (unpaired) electrons. The first-order valence-electron chi connectivity index (χ1n) is 10.5. The molecule has 1 aliphatic heterocycles. The third-order valence-electron chi connectivity index (χ3n) is 5.70. The van der Waals surface area contributed by atoms with E-state index in [4.69, 9.17) is 0 Å². The van der Waals surface area contributed by atoms with Crippen molar-refractivity contribution in [2.45, 2.75) is 38.0 Å². The number of rotatable bonds is 5. The zero-order chi connectivity index (χ0) is 22.0. The van der Waals surface area contributed by atoms with Gasteiger partial charge in [-0.25, -0.2) is 8.42 Å². The van der Waals surface area contributed by atoms with Crippen LogP contribution in [0.2, 0.25) is 0 Å². The highest BCUT2D eigenvalue weighted by molar-refractivity contribution is 14.1. The van der Waals surface area contributed by atoms with Gasteiger partial charge in [-0.05, 0) is 104 Å². The molecule has 5 nitrogen and oxygen atoms in total. The monoisotopic (exact) mass is 547 g/mol. The van der Waals surface area contributed by atoms with Crippen molar-refractivity contribution in [2.24, 2.45) is 4.99 Å². The summed E-state index contributed by atoms with van der Waals surface area (Å²) in [7, 11) is -3.41. The Morgan fingerprint density at radius 1 is 0.935 bits per heavy atom. The quantitative estimate of drug-likeness (QED) is 0.308. The summed E-state index contributed by atoms with van der Waals surface area (Å²) in [4.78, 5) is 4.93. The molecular formula is C24H26IN3O2S. The Kier molecular flexibility index (Phi) is 6.64. The van der Waals surface area contributed by atoms with Crippen LogP contribution in [0, 0.1) is 17.4 Å². The van der Waals surface area contributed by atoms with E-state index in [1.165, 1.54) is 3.57 Å². The molecule has 2 heterocycles. The van der Waals surface area contributed by atoms with E-state index in [2.05, 4.69) is 76.3 Å². The largest absolute Gasteiger partial charge is 0.318 e. The Hall–Kier alpha value is -1.97. The minimum absolute atomic E-state index is 0.338. The summed E-state index contributed by atoms with van der Waals surface area (Å²) in [5, 5.41) is 0. The van der Waals surface area contributed by atoms with Crippen LogP contribution in [-0.4, -0.2) is 36.6 Å². The third-order valence-corrected chi connectivity index (χ3v) is 8.33. The highest BCUT2D eigenvalue weighted by atomic mass is 127. The third kappa shape index (κ3) is 4.78. The average molecular weight is 547 g/mol. The van der Waals surface area contributed by atoms with E-state index in [9.17, 15) is 8.42 Å². The number of piperidine rings is 1. The summed E-state index contributed by atoms with van der Waals surface area (Å²) >= 11 is 2.31. The molecule has 0 bridgehead atoms. The minimum atomic E-state index is -3.41. The van der Waals surface area contributed by atoms with Gasteiger partial charge in [0.15, 0.2) is 0 Å². The van der Waals surface area contributed by atoms with Crippen LogP contribution < -0.4 is 0 Å². The van der Waals surface area contributed by atoms with E-state index in [1.54, 1.807) is 28.6 Å². The van der Waals surface area contributed by atoms with Crippen molar-refractivity contribution in [1.82, 2.24) is 8.87 Å². The highest BCUT2D eigenvalue weighted by Gasteiger charge is 2.25. The summed E-state index contributed by atoms with van der Waals surface area (Å²) in [6, 6.07) is 17.4. The van der Waals surface area contributed by atoms with Crippen molar-refractivity contribution < 1.29 is 8.42 Å². The lowest BCUT2D eigenvalue weighted by atomic mass is 10.2. The number of aromatic nitrogens is 1. The Morgan fingerprint density at radius 2 is 1.58 bits per heavy atom. The van der Waals surface area contributed by atoms with Gasteiger partial charge < -0.3 is 4.57 Å². The molecule has 3 aromatic rings. The van der Waals surface area contributed by atoms with Gasteiger partial charge in [0.25, 0.3) is 0 Å². The van der Waals surface area contributed by atoms with Crippen LogP contribution in [0.4, 0.5) is 5.69 Å². The van der Waals surface area contributed by atoms with Gasteiger partial charge in [0.2, 0.25) is 10.0 Å². The molecule has 0 unspecified atom stereocenters. The van der Waals surface area contributed by atoms with Gasteiger partial charge in [0, 0.05) is 45.5 Å². The lowest BCUT2D eigenvalue weighted by Gasteiger charge is -2.25. The van der Waals surface area contributed by atoms with Crippen LogP contribution in [0.1, 0.15) is 36.2 Å². The maximum absolute atomic E-state index is 12.8. The second-order valence-electron chi connectivity index (χ2n) is 7.86. The predicted molar refractivity (Wildman–Crippen MR) is 134 cm³/mol. The van der Waals surface area contributed by atoms with Crippen LogP contribution in [0.3, 0.4) is 0 Å². The van der Waals surface area contributed by atoms with Crippen LogP contribution >= 0.6 is 22.6 Å². The summed E-state index contributed by atoms with van der Waals surface area (Å²) in [5.74, 6) is 0. The van der Waals surface area contributed by atoms with Crippen molar-refractivity contribution in [3.63, 3.8) is 0 Å². The molecule has 0 aliphatic carbocycles. The molecule has 0 N–H and O–H groups in total. The van der Waals surface area contributed by atoms with E-state index in [0.717, 1.165) is 47.6 Å². The fraction of sp³-hybridized carbons (Fsp3) is 0.292. The van der Waals surface area contributed by atoms with Crippen LogP contribution in [0.15, 0.2) is 64.5 Å². The molecule has 162 valence electrons. The lowest BCUT2D eigenvalue weighted by molar-refractivity contribution is 0.346. The molecule has 4 rings (SSSR count). The summed E-state index contributed by atoms with van der Waals surface area (Å²) in [5.41, 5.74) is 5.16. The summed E-state index contributed by atoms with van der Waals surface area (Å²) in [6.07, 6.45) is 4.81. The summed E-state index contributed by atoms with van der Waals surface area (Å²) < 4.78 is 30.6. The van der Waals surface area contributed by atoms with E-state index in [0.29, 0.717) is 18.0 Å². The summed E-state index contributed by atoms with van der Waals surface area (Å²) in [6.45, 7) is 5.39. The van der Waals surface area contributed by atoms with E-state index >= 15 is 0 Å². The highest BCUT2D eigenvalue weighted by Crippen LogP contribution is 2.24. The minimum Gasteiger partial charge on any atom is -0.318 e. The zero-order valence-corrected chi connectivity index (χ0v) is 20.7. The van der Waals surface area contributed by atoms with Crippen molar-refractivity contribution >= 4 is 44.5 Å². The van der Waals surface area contributed by atoms with E-state index < -0.39 is 10.0 Å². The number of halogens is 1. The molecule has 0 spiro atoms. The number of aryl methyl sites for hydroxylation is 1. The predicted octanol–water partition coefficient (Wildman–Crippen LogP) is 5.62. The molecule has 1 saturated heterocycles. The van der Waals surface area contributed by atoms with Gasteiger partial charge in [-0.15, -0.1) is 0 Å². The first-order chi connectivity index (χ1) is 14.9. The molecule has 0 saturated carbocycles. The number of hydrogen-bond donors (Lipinski definition) is 0. The maximum Gasteiger partial charge on any atom is 0.243 e. The Bertz CT molecular complexity index is 1190. The molecule has 2 aromatic carbocycles. The zero-order valence-electron chi connectivity index (χ0n) is 17.8. The van der Waals surface area contributed by atoms with Crippen LogP contribution in [0.25, 0.3) is 5.69 Å². The first kappa shape index (κ1) is 22.2. The smallest absolute Gasteiger partial charge is 0.243 e. The molecule has 1 aromatic heterocycles. The number of hydrogen-bond acceptors (Lipinski definition) is 3. The van der Waals surface area contributed by atoms with Gasteiger partial charge in [0.05, 0.1) is 10.6 Å². The number of aliphatic imine (C=N–C) groups is 1. The SMILES string of the molecule is Cc1cc(C=Nc2ccc(S(=O)(=O)N3CCCCC3)cc2)c(C)n1-c1ccc(I)cc1. The van der Waals surface area contributed by atoms with Crippen molar-refractivity contribution in [3.05, 3.63) is 75.1 Å². The van der Waals surface area contributed by atoms with Gasteiger partial charge >= 0.3 is 0 Å². The lowest BCUT2D eigenvalue weighted by Crippen LogP contribution is -2.35.